The zero-order chi connectivity index (χ0) is 12.9. The van der Waals surface area contributed by atoms with Gasteiger partial charge in [0.1, 0.15) is 5.82 Å². The average molecular weight is 239 g/mol. The molecule has 96 valence electrons. The second-order valence-electron chi connectivity index (χ2n) is 4.83. The Morgan fingerprint density at radius 3 is 2.53 bits per heavy atom. The standard InChI is InChI=1S/C14H22FNO/c1-5-13(16-10-14(2,3)17-4)11-8-6-7-9-12(11)15/h6-9,13,16H,5,10H2,1-4H3. The predicted octanol–water partition coefficient (Wildman–Crippen LogP) is 3.29. The van der Waals surface area contributed by atoms with Crippen molar-refractivity contribution < 1.29 is 9.13 Å². The van der Waals surface area contributed by atoms with E-state index in [0.29, 0.717) is 6.54 Å². The molecule has 3 heteroatoms. The summed E-state index contributed by atoms with van der Waals surface area (Å²) in [5.74, 6) is -0.151. The van der Waals surface area contributed by atoms with E-state index in [1.807, 2.05) is 32.9 Å². The first-order valence-electron chi connectivity index (χ1n) is 6.03. The first-order chi connectivity index (χ1) is 8.00. The van der Waals surface area contributed by atoms with E-state index in [4.69, 9.17) is 4.74 Å². The van der Waals surface area contributed by atoms with Crippen LogP contribution in [0.2, 0.25) is 0 Å². The van der Waals surface area contributed by atoms with Crippen LogP contribution < -0.4 is 5.32 Å². The third kappa shape index (κ3) is 4.10. The maximum absolute atomic E-state index is 13.7. The normalized spacial score (nSPS) is 13.7. The van der Waals surface area contributed by atoms with E-state index in [-0.39, 0.29) is 17.5 Å². The van der Waals surface area contributed by atoms with Crippen LogP contribution in [0, 0.1) is 5.82 Å². The van der Waals surface area contributed by atoms with Crippen molar-refractivity contribution in [2.75, 3.05) is 13.7 Å². The second-order valence-corrected chi connectivity index (χ2v) is 4.83. The van der Waals surface area contributed by atoms with Gasteiger partial charge in [-0.1, -0.05) is 25.1 Å². The van der Waals surface area contributed by atoms with Crippen LogP contribution in [0.5, 0.6) is 0 Å². The molecule has 0 aliphatic heterocycles. The number of hydrogen-bond acceptors (Lipinski definition) is 2. The third-order valence-corrected chi connectivity index (χ3v) is 3.02. The van der Waals surface area contributed by atoms with Gasteiger partial charge in [0.05, 0.1) is 5.60 Å². The SMILES string of the molecule is CCC(NCC(C)(C)OC)c1ccccc1F. The second kappa shape index (κ2) is 6.12. The molecule has 0 amide bonds. The first kappa shape index (κ1) is 14.1. The van der Waals surface area contributed by atoms with Crippen LogP contribution in [0.4, 0.5) is 4.39 Å². The van der Waals surface area contributed by atoms with Gasteiger partial charge in [0.2, 0.25) is 0 Å². The number of halogens is 1. The lowest BCUT2D eigenvalue weighted by Crippen LogP contribution is -2.38. The van der Waals surface area contributed by atoms with E-state index in [0.717, 1.165) is 12.0 Å². The Balaban J connectivity index is 2.70. The van der Waals surface area contributed by atoms with Crippen molar-refractivity contribution >= 4 is 0 Å². The zero-order valence-electron chi connectivity index (χ0n) is 11.1. The lowest BCUT2D eigenvalue weighted by atomic mass is 10.0. The number of nitrogens with one attached hydrogen (secondary N) is 1. The highest BCUT2D eigenvalue weighted by Crippen LogP contribution is 2.20. The minimum absolute atomic E-state index is 0.0330. The van der Waals surface area contributed by atoms with E-state index in [1.54, 1.807) is 13.2 Å². The monoisotopic (exact) mass is 239 g/mol. The Kier molecular flexibility index (Phi) is 5.09. The first-order valence-corrected chi connectivity index (χ1v) is 6.03. The van der Waals surface area contributed by atoms with Gasteiger partial charge in [-0.15, -0.1) is 0 Å². The van der Waals surface area contributed by atoms with Crippen molar-refractivity contribution in [3.8, 4) is 0 Å². The number of hydrogen-bond donors (Lipinski definition) is 1. The lowest BCUT2D eigenvalue weighted by molar-refractivity contribution is 0.0208. The van der Waals surface area contributed by atoms with Gasteiger partial charge in [-0.2, -0.15) is 0 Å². The minimum Gasteiger partial charge on any atom is -0.377 e. The molecule has 0 aromatic heterocycles. The molecule has 0 bridgehead atoms. The van der Waals surface area contributed by atoms with Crippen LogP contribution in [0.1, 0.15) is 38.8 Å². The van der Waals surface area contributed by atoms with Gasteiger partial charge < -0.3 is 10.1 Å². The van der Waals surface area contributed by atoms with Gasteiger partial charge in [-0.3, -0.25) is 0 Å². The molecule has 1 aromatic rings. The summed E-state index contributed by atoms with van der Waals surface area (Å²) in [7, 11) is 1.69. The van der Waals surface area contributed by atoms with E-state index in [9.17, 15) is 4.39 Å². The zero-order valence-corrected chi connectivity index (χ0v) is 11.1. The van der Waals surface area contributed by atoms with E-state index in [2.05, 4.69) is 5.32 Å². The summed E-state index contributed by atoms with van der Waals surface area (Å²) in [6.07, 6.45) is 0.848. The van der Waals surface area contributed by atoms with Gasteiger partial charge in [0.25, 0.3) is 0 Å². The molecule has 0 saturated heterocycles. The van der Waals surface area contributed by atoms with Crippen LogP contribution in [0.3, 0.4) is 0 Å². The lowest BCUT2D eigenvalue weighted by Gasteiger charge is -2.27. The van der Waals surface area contributed by atoms with Crippen molar-refractivity contribution in [1.82, 2.24) is 5.32 Å². The van der Waals surface area contributed by atoms with Gasteiger partial charge in [0.15, 0.2) is 0 Å². The highest BCUT2D eigenvalue weighted by Gasteiger charge is 2.20. The Bertz CT molecular complexity index is 352. The van der Waals surface area contributed by atoms with E-state index < -0.39 is 0 Å². The molecular weight excluding hydrogens is 217 g/mol. The summed E-state index contributed by atoms with van der Waals surface area (Å²) in [6.45, 7) is 6.75. The van der Waals surface area contributed by atoms with Crippen molar-refractivity contribution in [1.29, 1.82) is 0 Å². The van der Waals surface area contributed by atoms with Crippen molar-refractivity contribution in [2.24, 2.45) is 0 Å². The average Bonchev–Trinajstić information content (AvgIpc) is 2.32. The fourth-order valence-corrected chi connectivity index (χ4v) is 1.67. The van der Waals surface area contributed by atoms with Crippen LogP contribution in [-0.2, 0) is 4.74 Å². The Morgan fingerprint density at radius 2 is 2.00 bits per heavy atom. The van der Waals surface area contributed by atoms with Crippen LogP contribution >= 0.6 is 0 Å². The molecule has 1 aromatic carbocycles. The summed E-state index contributed by atoms with van der Waals surface area (Å²) in [4.78, 5) is 0. The summed E-state index contributed by atoms with van der Waals surface area (Å²) in [5.41, 5.74) is 0.487. The van der Waals surface area contributed by atoms with Gasteiger partial charge >= 0.3 is 0 Å². The Morgan fingerprint density at radius 1 is 1.35 bits per heavy atom. The smallest absolute Gasteiger partial charge is 0.127 e. The number of benzene rings is 1. The molecule has 0 radical (unpaired) electrons. The summed E-state index contributed by atoms with van der Waals surface area (Å²) in [6, 6.07) is 6.94. The van der Waals surface area contributed by atoms with Crippen molar-refractivity contribution in [2.45, 2.75) is 38.8 Å². The molecule has 2 nitrogen and oxygen atoms in total. The topological polar surface area (TPSA) is 21.3 Å². The van der Waals surface area contributed by atoms with Gasteiger partial charge in [-0.25, -0.2) is 4.39 Å². The highest BCUT2D eigenvalue weighted by atomic mass is 19.1. The molecular formula is C14H22FNO. The fraction of sp³-hybridized carbons (Fsp3) is 0.571. The molecule has 1 N–H and O–H groups in total. The number of ether oxygens (including phenoxy) is 1. The van der Waals surface area contributed by atoms with E-state index >= 15 is 0 Å². The molecule has 0 heterocycles. The number of rotatable bonds is 6. The summed E-state index contributed by atoms with van der Waals surface area (Å²) < 4.78 is 19.0. The minimum atomic E-state index is -0.237. The molecule has 1 atom stereocenters. The molecule has 1 rings (SSSR count). The van der Waals surface area contributed by atoms with Crippen molar-refractivity contribution in [3.63, 3.8) is 0 Å². The third-order valence-electron chi connectivity index (χ3n) is 3.02. The summed E-state index contributed by atoms with van der Waals surface area (Å²) in [5, 5.41) is 3.35. The van der Waals surface area contributed by atoms with E-state index in [1.165, 1.54) is 6.07 Å². The van der Waals surface area contributed by atoms with Crippen molar-refractivity contribution in [3.05, 3.63) is 35.6 Å². The Labute approximate surface area is 103 Å². The molecule has 0 spiro atoms. The maximum atomic E-state index is 13.7. The van der Waals surface area contributed by atoms with Gasteiger partial charge in [0, 0.05) is 25.3 Å². The van der Waals surface area contributed by atoms with Crippen LogP contribution in [0.15, 0.2) is 24.3 Å². The summed E-state index contributed by atoms with van der Waals surface area (Å²) >= 11 is 0. The molecule has 0 fully saturated rings. The molecule has 1 unspecified atom stereocenters. The van der Waals surface area contributed by atoms with Gasteiger partial charge in [-0.05, 0) is 26.3 Å². The predicted molar refractivity (Wildman–Crippen MR) is 68.5 cm³/mol. The largest absolute Gasteiger partial charge is 0.377 e. The molecule has 0 saturated carbocycles. The Hall–Kier alpha value is -0.930. The highest BCUT2D eigenvalue weighted by molar-refractivity contribution is 5.21. The molecule has 0 aliphatic rings. The quantitative estimate of drug-likeness (QED) is 0.822. The fourth-order valence-electron chi connectivity index (χ4n) is 1.67. The number of methoxy groups -OCH3 is 1. The van der Waals surface area contributed by atoms with Crippen LogP contribution in [0.25, 0.3) is 0 Å². The maximum Gasteiger partial charge on any atom is 0.127 e. The van der Waals surface area contributed by atoms with Crippen LogP contribution in [-0.4, -0.2) is 19.3 Å². The molecule has 0 aliphatic carbocycles. The molecule has 17 heavy (non-hydrogen) atoms.